The van der Waals surface area contributed by atoms with Crippen molar-refractivity contribution in [3.05, 3.63) is 125 Å². The van der Waals surface area contributed by atoms with Crippen molar-refractivity contribution in [3.8, 4) is 22.3 Å². The van der Waals surface area contributed by atoms with Gasteiger partial charge in [0.15, 0.2) is 6.29 Å². The number of benzene rings is 3. The van der Waals surface area contributed by atoms with E-state index in [1.54, 1.807) is 24.5 Å². The largest absolute Gasteiger partial charge is 0.449 e. The van der Waals surface area contributed by atoms with Gasteiger partial charge >= 0.3 is 6.09 Å². The van der Waals surface area contributed by atoms with E-state index < -0.39 is 6.09 Å². The first kappa shape index (κ1) is 29.4. The number of aromatic nitrogens is 2. The number of rotatable bonds is 9. The summed E-state index contributed by atoms with van der Waals surface area (Å²) in [5.74, 6) is 0.793. The third kappa shape index (κ3) is 6.04. The summed E-state index contributed by atoms with van der Waals surface area (Å²) in [6, 6.07) is 27.6. The van der Waals surface area contributed by atoms with Gasteiger partial charge in [-0.3, -0.25) is 4.79 Å². The second-order valence-corrected chi connectivity index (χ2v) is 11.9. The number of hydrogen-bond donors (Lipinski definition) is 1. The Hall–Kier alpha value is -4.66. The van der Waals surface area contributed by atoms with Gasteiger partial charge < -0.3 is 15.0 Å². The SMILES string of the molecule is CN(C)c1ccc(-c2cc(Cl)c(Sc3ncccc3C=O)c(CNC(=O)OCC3c4ccccc4-c4ccccc43)c2)cn1. The quantitative estimate of drug-likeness (QED) is 0.168. The zero-order chi connectivity index (χ0) is 30.6. The molecule has 0 unspecified atom stereocenters. The molecule has 1 aliphatic carbocycles. The van der Waals surface area contributed by atoms with Crippen LogP contribution in [0.3, 0.4) is 0 Å². The average Bonchev–Trinajstić information content (AvgIpc) is 3.37. The summed E-state index contributed by atoms with van der Waals surface area (Å²) in [4.78, 5) is 36.3. The molecule has 0 radical (unpaired) electrons. The Balaban J connectivity index is 1.24. The van der Waals surface area contributed by atoms with Crippen molar-refractivity contribution in [2.45, 2.75) is 22.4 Å². The van der Waals surface area contributed by atoms with Gasteiger partial charge in [0, 0.05) is 55.0 Å². The molecule has 1 amide bonds. The van der Waals surface area contributed by atoms with Crippen molar-refractivity contribution in [2.75, 3.05) is 25.6 Å². The molecular weight excluding hydrogens is 592 g/mol. The topological polar surface area (TPSA) is 84.4 Å². The number of anilines is 1. The molecule has 0 saturated heterocycles. The van der Waals surface area contributed by atoms with Gasteiger partial charge in [0.2, 0.25) is 0 Å². The third-order valence-corrected chi connectivity index (χ3v) is 9.18. The van der Waals surface area contributed by atoms with E-state index in [0.29, 0.717) is 20.5 Å². The normalized spacial score (nSPS) is 11.9. The van der Waals surface area contributed by atoms with Gasteiger partial charge in [0.25, 0.3) is 0 Å². The minimum Gasteiger partial charge on any atom is -0.449 e. The molecule has 1 N–H and O–H groups in total. The van der Waals surface area contributed by atoms with Crippen LogP contribution >= 0.6 is 23.4 Å². The lowest BCUT2D eigenvalue weighted by molar-refractivity contribution is 0.112. The first-order valence-electron chi connectivity index (χ1n) is 14.1. The third-order valence-electron chi connectivity index (χ3n) is 7.55. The van der Waals surface area contributed by atoms with Crippen molar-refractivity contribution >= 4 is 41.6 Å². The summed E-state index contributed by atoms with van der Waals surface area (Å²) in [6.07, 6.45) is 3.65. The molecule has 6 rings (SSSR count). The van der Waals surface area contributed by atoms with Gasteiger partial charge in [-0.2, -0.15) is 0 Å². The first-order chi connectivity index (χ1) is 21.4. The van der Waals surface area contributed by atoms with Crippen LogP contribution < -0.4 is 10.2 Å². The van der Waals surface area contributed by atoms with E-state index >= 15 is 0 Å². The molecule has 0 aliphatic heterocycles. The zero-order valence-corrected chi connectivity index (χ0v) is 25.7. The maximum atomic E-state index is 13.1. The van der Waals surface area contributed by atoms with Crippen LogP contribution in [0.2, 0.25) is 5.02 Å². The van der Waals surface area contributed by atoms with Crippen molar-refractivity contribution in [1.29, 1.82) is 0 Å². The lowest BCUT2D eigenvalue weighted by Crippen LogP contribution is -2.26. The van der Waals surface area contributed by atoms with Gasteiger partial charge in [-0.1, -0.05) is 71.9 Å². The van der Waals surface area contributed by atoms with Crippen LogP contribution in [-0.4, -0.2) is 43.0 Å². The molecule has 44 heavy (non-hydrogen) atoms. The van der Waals surface area contributed by atoms with Crippen molar-refractivity contribution in [1.82, 2.24) is 15.3 Å². The number of aldehydes is 1. The summed E-state index contributed by atoms with van der Waals surface area (Å²) in [6.45, 7) is 0.363. The number of ether oxygens (including phenoxy) is 1. The van der Waals surface area contributed by atoms with E-state index in [0.717, 1.165) is 39.9 Å². The predicted octanol–water partition coefficient (Wildman–Crippen LogP) is 7.87. The Labute approximate surface area is 265 Å². The molecule has 1 aliphatic rings. The maximum Gasteiger partial charge on any atom is 0.407 e. The van der Waals surface area contributed by atoms with Crippen LogP contribution in [0.25, 0.3) is 22.3 Å². The van der Waals surface area contributed by atoms with Gasteiger partial charge in [-0.15, -0.1) is 0 Å². The monoisotopic (exact) mass is 620 g/mol. The van der Waals surface area contributed by atoms with Crippen LogP contribution in [0, 0.1) is 0 Å². The Morgan fingerprint density at radius 2 is 1.68 bits per heavy atom. The van der Waals surface area contributed by atoms with Crippen molar-refractivity contribution < 1.29 is 14.3 Å². The fourth-order valence-electron chi connectivity index (χ4n) is 5.38. The molecule has 7 nitrogen and oxygen atoms in total. The van der Waals surface area contributed by atoms with E-state index in [4.69, 9.17) is 16.3 Å². The summed E-state index contributed by atoms with van der Waals surface area (Å²) in [5, 5.41) is 3.90. The second-order valence-electron chi connectivity index (χ2n) is 10.5. The van der Waals surface area contributed by atoms with Gasteiger partial charge in [-0.25, -0.2) is 14.8 Å². The highest BCUT2D eigenvalue weighted by Crippen LogP contribution is 2.44. The lowest BCUT2D eigenvalue weighted by Gasteiger charge is -2.17. The van der Waals surface area contributed by atoms with Crippen LogP contribution in [0.5, 0.6) is 0 Å². The fraction of sp³-hybridized carbons (Fsp3) is 0.143. The minimum absolute atomic E-state index is 0.0411. The number of nitrogens with zero attached hydrogens (tertiary/aromatic N) is 3. The lowest BCUT2D eigenvalue weighted by atomic mass is 9.98. The highest BCUT2D eigenvalue weighted by Gasteiger charge is 2.29. The van der Waals surface area contributed by atoms with Crippen molar-refractivity contribution in [2.24, 2.45) is 0 Å². The number of pyridine rings is 2. The van der Waals surface area contributed by atoms with E-state index in [-0.39, 0.29) is 19.1 Å². The fourth-order valence-corrected chi connectivity index (χ4v) is 6.69. The van der Waals surface area contributed by atoms with Gasteiger partial charge in [0.05, 0.1) is 5.02 Å². The van der Waals surface area contributed by atoms with Crippen LogP contribution in [-0.2, 0) is 11.3 Å². The van der Waals surface area contributed by atoms with Gasteiger partial charge in [0.1, 0.15) is 17.5 Å². The van der Waals surface area contributed by atoms with E-state index in [9.17, 15) is 9.59 Å². The van der Waals surface area contributed by atoms with E-state index in [1.165, 1.54) is 22.9 Å². The highest BCUT2D eigenvalue weighted by atomic mass is 35.5. The molecule has 220 valence electrons. The standard InChI is InChI=1S/C35H29ClN4O3S/c1-40(2)32-14-13-22(18-38-32)24-16-25(33(31(36)17-24)44-34-23(20-41)8-7-15-37-34)19-39-35(42)43-21-30-28-11-5-3-9-26(28)27-10-4-6-12-29(27)30/h3-18,20,30H,19,21H2,1-2H3,(H,39,42). The number of fused-ring (bicyclic) bond motifs is 3. The Kier molecular flexibility index (Phi) is 8.63. The highest BCUT2D eigenvalue weighted by molar-refractivity contribution is 7.99. The molecule has 0 atom stereocenters. The summed E-state index contributed by atoms with van der Waals surface area (Å²) in [7, 11) is 3.87. The van der Waals surface area contributed by atoms with Crippen LogP contribution in [0.1, 0.15) is 33.0 Å². The Morgan fingerprint density at radius 3 is 2.34 bits per heavy atom. The number of alkyl carbamates (subject to hydrolysis) is 1. The molecule has 0 spiro atoms. The maximum absolute atomic E-state index is 13.1. The second kappa shape index (κ2) is 12.9. The number of carbonyl (C=O) groups is 2. The number of halogens is 1. The summed E-state index contributed by atoms with van der Waals surface area (Å²) in [5.41, 5.74) is 7.57. The van der Waals surface area contributed by atoms with Crippen LogP contribution in [0.4, 0.5) is 10.6 Å². The van der Waals surface area contributed by atoms with E-state index in [1.807, 2.05) is 67.5 Å². The molecule has 3 aromatic carbocycles. The predicted molar refractivity (Wildman–Crippen MR) is 175 cm³/mol. The molecule has 9 heteroatoms. The Morgan fingerprint density at radius 1 is 0.955 bits per heavy atom. The molecule has 0 fully saturated rings. The molecule has 0 bridgehead atoms. The first-order valence-corrected chi connectivity index (χ1v) is 15.3. The number of amides is 1. The number of nitrogens with one attached hydrogen (secondary N) is 1. The smallest absolute Gasteiger partial charge is 0.407 e. The zero-order valence-electron chi connectivity index (χ0n) is 24.2. The average molecular weight is 621 g/mol. The molecule has 2 heterocycles. The van der Waals surface area contributed by atoms with Gasteiger partial charge in [-0.05, 0) is 69.8 Å². The summed E-state index contributed by atoms with van der Waals surface area (Å²) >= 11 is 8.14. The molecule has 5 aromatic rings. The molecular formula is C35H29ClN4O3S. The van der Waals surface area contributed by atoms with E-state index in [2.05, 4.69) is 39.6 Å². The summed E-state index contributed by atoms with van der Waals surface area (Å²) < 4.78 is 5.77. The minimum atomic E-state index is -0.534. The molecule has 0 saturated carbocycles. The number of hydrogen-bond acceptors (Lipinski definition) is 7. The molecule has 2 aromatic heterocycles. The van der Waals surface area contributed by atoms with Crippen molar-refractivity contribution in [3.63, 3.8) is 0 Å². The van der Waals surface area contributed by atoms with Crippen LogP contribution in [0.15, 0.2) is 107 Å². The Bertz CT molecular complexity index is 1800. The number of carbonyl (C=O) groups excluding carboxylic acids is 2.